The molecule has 0 spiro atoms. The average Bonchev–Trinajstić information content (AvgIpc) is 2.46. The van der Waals surface area contributed by atoms with Crippen molar-refractivity contribution in [2.75, 3.05) is 12.4 Å². The largest absolute Gasteiger partial charge is 0.497 e. The van der Waals surface area contributed by atoms with Crippen LogP contribution in [0.15, 0.2) is 46.9 Å². The molecular weight excluding hydrogens is 350 g/mol. The Hall–Kier alpha value is -1.19. The Kier molecular flexibility index (Phi) is 4.41. The smallest absolute Gasteiger partial charge is 0.119 e. The van der Waals surface area contributed by atoms with E-state index in [9.17, 15) is 0 Å². The Morgan fingerprint density at radius 2 is 2.00 bits per heavy atom. The van der Waals surface area contributed by atoms with E-state index in [-0.39, 0.29) is 0 Å². The standard InChI is InChI=1S/C17H17BrClNO/c1-21-15-4-2-3-11(9-15)12-7-14(8-12)20-17-10-13(18)5-6-16(17)19/h2-6,9-10,12,14,20H,7-8H2,1H3. The first-order valence-electron chi connectivity index (χ1n) is 7.01. The summed E-state index contributed by atoms with van der Waals surface area (Å²) in [5.41, 5.74) is 2.35. The number of anilines is 1. The van der Waals surface area contributed by atoms with Crippen LogP contribution in [-0.4, -0.2) is 13.2 Å². The first-order chi connectivity index (χ1) is 10.2. The van der Waals surface area contributed by atoms with E-state index >= 15 is 0 Å². The Morgan fingerprint density at radius 3 is 2.76 bits per heavy atom. The van der Waals surface area contributed by atoms with Crippen LogP contribution in [0, 0.1) is 0 Å². The lowest BCUT2D eigenvalue weighted by Gasteiger charge is -2.37. The predicted octanol–water partition coefficient (Wildman–Crippen LogP) is 5.47. The van der Waals surface area contributed by atoms with Crippen molar-refractivity contribution in [1.29, 1.82) is 0 Å². The van der Waals surface area contributed by atoms with Gasteiger partial charge in [-0.15, -0.1) is 0 Å². The Labute approximate surface area is 138 Å². The lowest BCUT2D eigenvalue weighted by Crippen LogP contribution is -2.34. The van der Waals surface area contributed by atoms with Crippen LogP contribution in [0.1, 0.15) is 24.3 Å². The second-order valence-electron chi connectivity index (χ2n) is 5.41. The number of nitrogens with one attached hydrogen (secondary N) is 1. The van der Waals surface area contributed by atoms with E-state index < -0.39 is 0 Å². The quantitative estimate of drug-likeness (QED) is 0.774. The van der Waals surface area contributed by atoms with Crippen molar-refractivity contribution in [1.82, 2.24) is 0 Å². The summed E-state index contributed by atoms with van der Waals surface area (Å²) in [5.74, 6) is 1.53. The summed E-state index contributed by atoms with van der Waals surface area (Å²) in [5, 5.41) is 4.29. The number of halogens is 2. The molecule has 1 fully saturated rings. The van der Waals surface area contributed by atoms with Crippen molar-refractivity contribution in [2.24, 2.45) is 0 Å². The van der Waals surface area contributed by atoms with E-state index in [1.807, 2.05) is 24.3 Å². The zero-order valence-corrected chi connectivity index (χ0v) is 14.1. The number of benzene rings is 2. The summed E-state index contributed by atoms with van der Waals surface area (Å²) < 4.78 is 6.33. The molecule has 4 heteroatoms. The lowest BCUT2D eigenvalue weighted by atomic mass is 9.76. The van der Waals surface area contributed by atoms with Crippen LogP contribution < -0.4 is 10.1 Å². The molecule has 110 valence electrons. The van der Waals surface area contributed by atoms with E-state index in [0.717, 1.165) is 33.8 Å². The van der Waals surface area contributed by atoms with E-state index in [0.29, 0.717) is 12.0 Å². The van der Waals surface area contributed by atoms with Gasteiger partial charge in [-0.05, 0) is 54.7 Å². The van der Waals surface area contributed by atoms with E-state index in [1.54, 1.807) is 7.11 Å². The van der Waals surface area contributed by atoms with Gasteiger partial charge in [0.05, 0.1) is 17.8 Å². The minimum absolute atomic E-state index is 0.480. The fourth-order valence-corrected chi connectivity index (χ4v) is 3.26. The molecule has 2 nitrogen and oxygen atoms in total. The zero-order chi connectivity index (χ0) is 14.8. The lowest BCUT2D eigenvalue weighted by molar-refractivity contribution is 0.370. The van der Waals surface area contributed by atoms with Crippen LogP contribution in [0.2, 0.25) is 5.02 Å². The van der Waals surface area contributed by atoms with Crippen LogP contribution in [0.25, 0.3) is 0 Å². The Morgan fingerprint density at radius 1 is 1.19 bits per heavy atom. The maximum atomic E-state index is 6.21. The third-order valence-corrected chi connectivity index (χ3v) is 4.81. The SMILES string of the molecule is COc1cccc(C2CC(Nc3cc(Br)ccc3Cl)C2)c1. The number of ether oxygens (including phenoxy) is 1. The monoisotopic (exact) mass is 365 g/mol. The summed E-state index contributed by atoms with van der Waals surface area (Å²) >= 11 is 9.69. The van der Waals surface area contributed by atoms with Gasteiger partial charge in [0.1, 0.15) is 5.75 Å². The molecule has 0 amide bonds. The normalized spacial score (nSPS) is 20.7. The van der Waals surface area contributed by atoms with Crippen molar-refractivity contribution < 1.29 is 4.74 Å². The molecule has 0 atom stereocenters. The van der Waals surface area contributed by atoms with Gasteiger partial charge in [-0.3, -0.25) is 0 Å². The van der Waals surface area contributed by atoms with E-state index in [4.69, 9.17) is 16.3 Å². The van der Waals surface area contributed by atoms with Gasteiger partial charge in [0.15, 0.2) is 0 Å². The molecule has 1 N–H and O–H groups in total. The second kappa shape index (κ2) is 6.29. The topological polar surface area (TPSA) is 21.3 Å². The molecule has 0 unspecified atom stereocenters. The summed E-state index contributed by atoms with van der Waals surface area (Å²) in [6, 6.07) is 14.7. The fraction of sp³-hybridized carbons (Fsp3) is 0.294. The molecule has 1 aliphatic carbocycles. The van der Waals surface area contributed by atoms with Gasteiger partial charge in [0.2, 0.25) is 0 Å². The minimum atomic E-state index is 0.480. The van der Waals surface area contributed by atoms with Gasteiger partial charge in [-0.1, -0.05) is 39.7 Å². The van der Waals surface area contributed by atoms with Crippen LogP contribution in [0.3, 0.4) is 0 Å². The molecule has 3 rings (SSSR count). The summed E-state index contributed by atoms with van der Waals surface area (Å²) in [6.07, 6.45) is 2.24. The van der Waals surface area contributed by atoms with Crippen molar-refractivity contribution in [3.63, 3.8) is 0 Å². The second-order valence-corrected chi connectivity index (χ2v) is 6.73. The Balaban J connectivity index is 1.61. The molecule has 0 saturated heterocycles. The highest BCUT2D eigenvalue weighted by Gasteiger charge is 2.30. The molecular formula is C17H17BrClNO. The van der Waals surface area contributed by atoms with Gasteiger partial charge in [0, 0.05) is 10.5 Å². The molecule has 1 aliphatic rings. The highest BCUT2D eigenvalue weighted by Crippen LogP contribution is 2.40. The molecule has 2 aromatic rings. The van der Waals surface area contributed by atoms with Crippen molar-refractivity contribution in [2.45, 2.75) is 24.8 Å². The van der Waals surface area contributed by atoms with Gasteiger partial charge in [-0.25, -0.2) is 0 Å². The maximum Gasteiger partial charge on any atom is 0.119 e. The minimum Gasteiger partial charge on any atom is -0.497 e. The van der Waals surface area contributed by atoms with E-state index in [2.05, 4.69) is 39.4 Å². The van der Waals surface area contributed by atoms with Gasteiger partial charge in [0.25, 0.3) is 0 Å². The summed E-state index contributed by atoms with van der Waals surface area (Å²) in [4.78, 5) is 0. The van der Waals surface area contributed by atoms with Gasteiger partial charge in [-0.2, -0.15) is 0 Å². The van der Waals surface area contributed by atoms with Crippen LogP contribution >= 0.6 is 27.5 Å². The number of rotatable bonds is 4. The molecule has 2 aromatic carbocycles. The van der Waals surface area contributed by atoms with Crippen molar-refractivity contribution >= 4 is 33.2 Å². The third-order valence-electron chi connectivity index (χ3n) is 3.99. The number of hydrogen-bond acceptors (Lipinski definition) is 2. The Bertz CT molecular complexity index is 640. The highest BCUT2D eigenvalue weighted by molar-refractivity contribution is 9.10. The van der Waals surface area contributed by atoms with Crippen LogP contribution in [0.4, 0.5) is 5.69 Å². The van der Waals surface area contributed by atoms with Crippen molar-refractivity contribution in [3.05, 3.63) is 57.5 Å². The molecule has 0 radical (unpaired) electrons. The van der Waals surface area contributed by atoms with Gasteiger partial charge >= 0.3 is 0 Å². The predicted molar refractivity (Wildman–Crippen MR) is 91.5 cm³/mol. The molecule has 0 aliphatic heterocycles. The first-order valence-corrected chi connectivity index (χ1v) is 8.18. The molecule has 0 heterocycles. The number of hydrogen-bond donors (Lipinski definition) is 1. The molecule has 1 saturated carbocycles. The maximum absolute atomic E-state index is 6.21. The van der Waals surface area contributed by atoms with E-state index in [1.165, 1.54) is 5.56 Å². The number of methoxy groups -OCH3 is 1. The molecule has 21 heavy (non-hydrogen) atoms. The first kappa shape index (κ1) is 14.7. The van der Waals surface area contributed by atoms with Gasteiger partial charge < -0.3 is 10.1 Å². The average molecular weight is 367 g/mol. The highest BCUT2D eigenvalue weighted by atomic mass is 79.9. The zero-order valence-electron chi connectivity index (χ0n) is 11.8. The van der Waals surface area contributed by atoms with Crippen LogP contribution in [0.5, 0.6) is 5.75 Å². The fourth-order valence-electron chi connectivity index (χ4n) is 2.73. The third kappa shape index (κ3) is 3.35. The van der Waals surface area contributed by atoms with Crippen molar-refractivity contribution in [3.8, 4) is 5.75 Å². The molecule has 0 bridgehead atoms. The summed E-state index contributed by atoms with van der Waals surface area (Å²) in [6.45, 7) is 0. The molecule has 0 aromatic heterocycles. The van der Waals surface area contributed by atoms with Crippen LogP contribution in [-0.2, 0) is 0 Å². The summed E-state index contributed by atoms with van der Waals surface area (Å²) in [7, 11) is 1.71.